The van der Waals surface area contributed by atoms with Crippen molar-refractivity contribution in [3.63, 3.8) is 0 Å². The number of Topliss-reactive ketones (excluding diaryl/α,β-unsaturated/α-hetero) is 2. The molecule has 0 aliphatic heterocycles. The largest absolute Gasteiger partial charge is 0.450 e. The number of hydrogen-bond donors (Lipinski definition) is 0. The van der Waals surface area contributed by atoms with Crippen molar-refractivity contribution in [3.8, 4) is 0 Å². The number of hydrogen-bond acceptors (Lipinski definition) is 7. The van der Waals surface area contributed by atoms with E-state index < -0.39 is 65.0 Å². The van der Waals surface area contributed by atoms with E-state index in [0.29, 0.717) is 12.0 Å². The van der Waals surface area contributed by atoms with Gasteiger partial charge in [-0.3, -0.25) is 14.4 Å². The van der Waals surface area contributed by atoms with Gasteiger partial charge in [-0.05, 0) is 82.2 Å². The van der Waals surface area contributed by atoms with Gasteiger partial charge in [0, 0.05) is 36.0 Å². The highest BCUT2D eigenvalue weighted by atomic mass is 28.4. The first-order valence-corrected chi connectivity index (χ1v) is 26.3. The summed E-state index contributed by atoms with van der Waals surface area (Å²) in [6.07, 6.45) is 2.23. The van der Waals surface area contributed by atoms with Crippen LogP contribution in [0.3, 0.4) is 0 Å². The minimum Gasteiger partial charge on any atom is -0.450 e. The molecule has 4 aliphatic carbocycles. The maximum atomic E-state index is 15.0. The van der Waals surface area contributed by atoms with Crippen LogP contribution in [0.5, 0.6) is 0 Å². The summed E-state index contributed by atoms with van der Waals surface area (Å²) in [5.74, 6) is -2.43. The molecule has 3 fully saturated rings. The average Bonchev–Trinajstić information content (AvgIpc) is 3.20. The van der Waals surface area contributed by atoms with Crippen LogP contribution in [-0.4, -0.2) is 65.4 Å². The Morgan fingerprint density at radius 2 is 1.45 bits per heavy atom. The lowest BCUT2D eigenvalue weighted by molar-refractivity contribution is -0.194. The second-order valence-electron chi connectivity index (χ2n) is 18.5. The number of ether oxygens (including phenoxy) is 1. The predicted molar refractivity (Wildman–Crippen MR) is 182 cm³/mol. The van der Waals surface area contributed by atoms with Gasteiger partial charge in [0.15, 0.2) is 42.1 Å². The highest BCUT2D eigenvalue weighted by Crippen LogP contribution is 2.77. The molecule has 0 amide bonds. The molecule has 0 radical (unpaired) electrons. The second kappa shape index (κ2) is 10.3. The molecule has 44 heavy (non-hydrogen) atoms. The molecule has 0 aromatic rings. The van der Waals surface area contributed by atoms with Gasteiger partial charge in [-0.15, -0.1) is 0 Å². The number of ketones is 2. The van der Waals surface area contributed by atoms with Crippen LogP contribution < -0.4 is 0 Å². The van der Waals surface area contributed by atoms with Gasteiger partial charge in [-0.25, -0.2) is 0 Å². The van der Waals surface area contributed by atoms with E-state index in [9.17, 15) is 14.4 Å². The Labute approximate surface area is 270 Å². The SMILES string of the molecule is CC(=O)O[C@@]12C(=O)[C@@H](C)[C@@]3(O[Si](C)(C)C)[C@@H]([C@H](O[Si](C)(C)C(C)(C)C)[C@H](C)C[C@]4(O[Si](C)(C)C)C(=O)C(C)=C[C@@H]34)[C@@H]1C2(C)C. The van der Waals surface area contributed by atoms with Crippen LogP contribution in [0.1, 0.15) is 68.7 Å². The molecular weight excluding hydrogens is 605 g/mol. The normalized spacial score (nSPS) is 40.4. The Hall–Kier alpha value is -0.919. The van der Waals surface area contributed by atoms with E-state index in [1.165, 1.54) is 6.92 Å². The van der Waals surface area contributed by atoms with Crippen molar-refractivity contribution in [1.82, 2.24) is 0 Å². The molecule has 9 atom stereocenters. The lowest BCUT2D eigenvalue weighted by atomic mass is 9.58. The van der Waals surface area contributed by atoms with E-state index in [-0.39, 0.29) is 40.5 Å². The molecule has 0 aromatic heterocycles. The third kappa shape index (κ3) is 5.07. The lowest BCUT2D eigenvalue weighted by Crippen LogP contribution is -2.70. The van der Waals surface area contributed by atoms with Crippen LogP contribution in [0.2, 0.25) is 57.4 Å². The highest BCUT2D eigenvalue weighted by molar-refractivity contribution is 6.74. The Morgan fingerprint density at radius 3 is 1.91 bits per heavy atom. The van der Waals surface area contributed by atoms with Crippen molar-refractivity contribution in [1.29, 1.82) is 0 Å². The Bertz CT molecular complexity index is 1270. The number of fused-ring (bicyclic) bond motifs is 5. The van der Waals surface area contributed by atoms with Gasteiger partial charge in [0.1, 0.15) is 5.60 Å². The molecule has 3 saturated carbocycles. The highest BCUT2D eigenvalue weighted by Gasteiger charge is 2.89. The van der Waals surface area contributed by atoms with E-state index in [4.69, 9.17) is 18.0 Å². The fourth-order valence-electron chi connectivity index (χ4n) is 9.16. The van der Waals surface area contributed by atoms with Crippen LogP contribution in [0, 0.1) is 35.0 Å². The number of carbonyl (C=O) groups is 3. The maximum absolute atomic E-state index is 15.0. The fourth-order valence-corrected chi connectivity index (χ4v) is 13.5. The fraction of sp³-hybridized carbons (Fsp3) is 0.853. The van der Waals surface area contributed by atoms with E-state index in [1.54, 1.807) is 0 Å². The van der Waals surface area contributed by atoms with Gasteiger partial charge < -0.3 is 18.0 Å². The van der Waals surface area contributed by atoms with Gasteiger partial charge in [-0.2, -0.15) is 0 Å². The minimum absolute atomic E-state index is 0.00795. The Balaban J connectivity index is 2.15. The standard InChI is InChI=1S/C34H60O7Si3/c1-20-18-24-32(28(20)36,40-42(10,11)12)19-21(2)26(39-44(16,17)30(5,6)7)25-27-31(8,9)34(27,38-23(4)35)29(37)22(3)33(24,25)41-43(13,14)15/h18,21-22,24-27H,19H2,1-17H3/t21-,22-,24-,25+,26-,27-,32-,33+,34-/m1/s1. The topological polar surface area (TPSA) is 88.1 Å². The first-order valence-electron chi connectivity index (χ1n) is 16.6. The molecule has 10 heteroatoms. The molecule has 0 aromatic carbocycles. The lowest BCUT2D eigenvalue weighted by Gasteiger charge is -2.58. The molecule has 0 heterocycles. The van der Waals surface area contributed by atoms with E-state index in [2.05, 4.69) is 100.0 Å². The molecule has 0 saturated heterocycles. The zero-order valence-electron chi connectivity index (χ0n) is 30.6. The quantitative estimate of drug-likeness (QED) is 0.205. The molecule has 0 unspecified atom stereocenters. The van der Waals surface area contributed by atoms with Gasteiger partial charge in [0.2, 0.25) is 0 Å². The summed E-state index contributed by atoms with van der Waals surface area (Å²) in [5, 5.41) is -0.0713. The first-order chi connectivity index (χ1) is 19.5. The number of esters is 1. The monoisotopic (exact) mass is 664 g/mol. The van der Waals surface area contributed by atoms with Gasteiger partial charge in [0.05, 0.1) is 11.7 Å². The minimum atomic E-state index is -2.40. The zero-order chi connectivity index (χ0) is 34.0. The van der Waals surface area contributed by atoms with Gasteiger partial charge in [-0.1, -0.05) is 54.5 Å². The summed E-state index contributed by atoms with van der Waals surface area (Å²) in [4.78, 5) is 42.3. The van der Waals surface area contributed by atoms with Crippen molar-refractivity contribution in [2.45, 2.75) is 149 Å². The van der Waals surface area contributed by atoms with E-state index >= 15 is 0 Å². The summed E-state index contributed by atoms with van der Waals surface area (Å²) in [6, 6.07) is 0. The smallest absolute Gasteiger partial charge is 0.303 e. The van der Waals surface area contributed by atoms with Crippen LogP contribution >= 0.6 is 0 Å². The molecule has 0 bridgehead atoms. The predicted octanol–water partition coefficient (Wildman–Crippen LogP) is 7.54. The summed E-state index contributed by atoms with van der Waals surface area (Å²) >= 11 is 0. The molecule has 4 rings (SSSR count). The van der Waals surface area contributed by atoms with Crippen molar-refractivity contribution >= 4 is 42.5 Å². The van der Waals surface area contributed by atoms with Crippen molar-refractivity contribution in [3.05, 3.63) is 11.6 Å². The third-order valence-electron chi connectivity index (χ3n) is 11.6. The summed E-state index contributed by atoms with van der Waals surface area (Å²) in [6.45, 7) is 35.7. The molecule has 250 valence electrons. The molecule has 4 aliphatic rings. The maximum Gasteiger partial charge on any atom is 0.303 e. The molecule has 0 N–H and O–H groups in total. The number of carbonyl (C=O) groups excluding carboxylic acids is 3. The molecular formula is C34H60O7Si3. The average molecular weight is 665 g/mol. The van der Waals surface area contributed by atoms with Crippen molar-refractivity contribution in [2.75, 3.05) is 0 Å². The van der Waals surface area contributed by atoms with Crippen LogP contribution in [0.15, 0.2) is 11.6 Å². The van der Waals surface area contributed by atoms with Crippen molar-refractivity contribution in [2.24, 2.45) is 35.0 Å². The zero-order valence-corrected chi connectivity index (χ0v) is 33.6. The molecule has 0 spiro atoms. The summed E-state index contributed by atoms with van der Waals surface area (Å²) in [5.41, 5.74) is -3.48. The first kappa shape index (κ1) is 35.9. The molecule has 7 nitrogen and oxygen atoms in total. The van der Waals surface area contributed by atoms with E-state index in [0.717, 1.165) is 0 Å². The summed E-state index contributed by atoms with van der Waals surface area (Å²) < 4.78 is 28.4. The third-order valence-corrected chi connectivity index (χ3v) is 18.0. The van der Waals surface area contributed by atoms with E-state index in [1.807, 2.05) is 13.8 Å². The van der Waals surface area contributed by atoms with Gasteiger partial charge >= 0.3 is 5.97 Å². The van der Waals surface area contributed by atoms with Crippen LogP contribution in [-0.2, 0) is 32.4 Å². The number of rotatable bonds is 7. The van der Waals surface area contributed by atoms with Crippen molar-refractivity contribution < 1.29 is 32.4 Å². The van der Waals surface area contributed by atoms with Crippen LogP contribution in [0.4, 0.5) is 0 Å². The summed E-state index contributed by atoms with van der Waals surface area (Å²) in [7, 11) is -7.09. The van der Waals surface area contributed by atoms with Gasteiger partial charge in [0.25, 0.3) is 0 Å². The second-order valence-corrected chi connectivity index (χ2v) is 32.1. The van der Waals surface area contributed by atoms with Crippen LogP contribution in [0.25, 0.3) is 0 Å². The Kier molecular flexibility index (Phi) is 8.40. The Morgan fingerprint density at radius 1 is 0.932 bits per heavy atom.